The molecule has 0 radical (unpaired) electrons. The number of aromatic nitrogens is 3. The maximum absolute atomic E-state index is 13.4. The summed E-state index contributed by atoms with van der Waals surface area (Å²) in [7, 11) is -3.65. The molecule has 0 amide bonds. The van der Waals surface area contributed by atoms with Gasteiger partial charge in [0.25, 0.3) is 5.56 Å². The van der Waals surface area contributed by atoms with Gasteiger partial charge in [-0.25, -0.2) is 13.2 Å². The zero-order chi connectivity index (χ0) is 28.4. The van der Waals surface area contributed by atoms with Crippen molar-refractivity contribution < 1.29 is 8.42 Å². The Bertz CT molecular complexity index is 1730. The second kappa shape index (κ2) is 11.7. The zero-order valence-electron chi connectivity index (χ0n) is 22.8. The topological polar surface area (TPSA) is 100 Å². The van der Waals surface area contributed by atoms with Crippen molar-refractivity contribution in [3.63, 3.8) is 0 Å². The summed E-state index contributed by atoms with van der Waals surface area (Å²) in [6.45, 7) is 7.58. The van der Waals surface area contributed by atoms with Gasteiger partial charge in [-0.3, -0.25) is 18.8 Å². The molecule has 1 fully saturated rings. The molecule has 1 N–H and O–H groups in total. The lowest BCUT2D eigenvalue weighted by molar-refractivity contribution is 0.181. The van der Waals surface area contributed by atoms with Crippen molar-refractivity contribution in [2.75, 3.05) is 26.2 Å². The molecule has 212 valence electrons. The van der Waals surface area contributed by atoms with E-state index in [-0.39, 0.29) is 16.1 Å². The molecule has 0 atom stereocenters. The fourth-order valence-corrected chi connectivity index (χ4v) is 6.92. The molecular formula is C29H34ClN5O4S. The Labute approximate surface area is 238 Å². The number of H-pyrrole nitrogens is 1. The quantitative estimate of drug-likeness (QED) is 0.319. The van der Waals surface area contributed by atoms with Crippen LogP contribution in [0.5, 0.6) is 0 Å². The van der Waals surface area contributed by atoms with Crippen molar-refractivity contribution in [3.05, 3.63) is 86.0 Å². The van der Waals surface area contributed by atoms with Crippen molar-refractivity contribution in [1.82, 2.24) is 23.3 Å². The largest absolute Gasteiger partial charge is 0.349 e. The van der Waals surface area contributed by atoms with Gasteiger partial charge >= 0.3 is 5.69 Å². The highest BCUT2D eigenvalue weighted by Gasteiger charge is 2.28. The molecule has 2 aromatic heterocycles. The molecule has 0 unspecified atom stereocenters. The van der Waals surface area contributed by atoms with Crippen LogP contribution in [0.3, 0.4) is 0 Å². The minimum Gasteiger partial charge on any atom is -0.349 e. The minimum absolute atomic E-state index is 0.226. The van der Waals surface area contributed by atoms with E-state index in [1.807, 2.05) is 38.1 Å². The second-order valence-electron chi connectivity index (χ2n) is 10.2. The van der Waals surface area contributed by atoms with Crippen LogP contribution in [-0.4, -0.2) is 57.9 Å². The lowest BCUT2D eigenvalue weighted by atomic mass is 10.1. The lowest BCUT2D eigenvalue weighted by Gasteiger charge is -2.34. The monoisotopic (exact) mass is 583 g/mol. The highest BCUT2D eigenvalue weighted by molar-refractivity contribution is 7.89. The zero-order valence-corrected chi connectivity index (χ0v) is 24.3. The molecule has 0 spiro atoms. The van der Waals surface area contributed by atoms with Crippen LogP contribution in [0.1, 0.15) is 32.3 Å². The Morgan fingerprint density at radius 3 is 2.20 bits per heavy atom. The molecule has 1 aliphatic rings. The maximum atomic E-state index is 13.4. The van der Waals surface area contributed by atoms with Gasteiger partial charge in [-0.15, -0.1) is 0 Å². The third kappa shape index (κ3) is 5.54. The summed E-state index contributed by atoms with van der Waals surface area (Å²) < 4.78 is 31.2. The van der Waals surface area contributed by atoms with Gasteiger partial charge in [0.1, 0.15) is 5.52 Å². The van der Waals surface area contributed by atoms with E-state index in [9.17, 15) is 18.0 Å². The van der Waals surface area contributed by atoms with E-state index in [4.69, 9.17) is 11.6 Å². The van der Waals surface area contributed by atoms with Gasteiger partial charge < -0.3 is 4.98 Å². The first-order chi connectivity index (χ1) is 19.2. The fraction of sp³-hybridized carbons (Fsp3) is 0.379. The highest BCUT2D eigenvalue weighted by Crippen LogP contribution is 2.26. The molecule has 1 aliphatic heterocycles. The van der Waals surface area contributed by atoms with Crippen LogP contribution in [0.4, 0.5) is 0 Å². The second-order valence-corrected chi connectivity index (χ2v) is 12.5. The Morgan fingerprint density at radius 1 is 0.875 bits per heavy atom. The Morgan fingerprint density at radius 2 is 1.55 bits per heavy atom. The molecule has 5 rings (SSSR count). The van der Waals surface area contributed by atoms with Crippen LogP contribution < -0.4 is 11.2 Å². The number of nitrogens with one attached hydrogen (secondary N) is 1. The van der Waals surface area contributed by atoms with Crippen molar-refractivity contribution in [1.29, 1.82) is 0 Å². The van der Waals surface area contributed by atoms with E-state index in [1.165, 1.54) is 8.87 Å². The molecule has 0 bridgehead atoms. The standard InChI is InChI=1S/C29H34ClN5O4S/c1-3-12-34-26-19-25(31-27(26)28(36)35(13-4-2)29(34)37)22-8-10-24(11-9-22)40(38,39)33-16-14-32(15-17-33)20-21-6-5-7-23(30)18-21/h5-11,18-19,31H,3-4,12-17,20H2,1-2H3. The van der Waals surface area contributed by atoms with Crippen molar-refractivity contribution in [2.45, 2.75) is 51.2 Å². The van der Waals surface area contributed by atoms with E-state index in [0.29, 0.717) is 67.4 Å². The summed E-state index contributed by atoms with van der Waals surface area (Å²) in [5.41, 5.74) is 2.79. The molecule has 0 aliphatic carbocycles. The molecule has 0 saturated carbocycles. The first kappa shape index (κ1) is 28.4. The van der Waals surface area contributed by atoms with Crippen LogP contribution in [0, 0.1) is 0 Å². The van der Waals surface area contributed by atoms with Crippen molar-refractivity contribution in [2.24, 2.45) is 0 Å². The number of piperazine rings is 1. The van der Waals surface area contributed by atoms with Crippen LogP contribution in [-0.2, 0) is 29.7 Å². The molecule has 2 aromatic carbocycles. The average Bonchev–Trinajstić information content (AvgIpc) is 3.39. The normalized spacial score (nSPS) is 15.2. The first-order valence-electron chi connectivity index (χ1n) is 13.7. The third-order valence-corrected chi connectivity index (χ3v) is 9.48. The summed E-state index contributed by atoms with van der Waals surface area (Å²) in [6, 6.07) is 16.2. The number of benzene rings is 2. The Balaban J connectivity index is 1.35. The van der Waals surface area contributed by atoms with E-state index in [0.717, 1.165) is 24.1 Å². The highest BCUT2D eigenvalue weighted by atomic mass is 35.5. The molecule has 3 heterocycles. The smallest absolute Gasteiger partial charge is 0.331 e. The van der Waals surface area contributed by atoms with Gasteiger partial charge in [0.05, 0.1) is 10.4 Å². The predicted octanol–water partition coefficient (Wildman–Crippen LogP) is 4.14. The molecule has 9 nitrogen and oxygen atoms in total. The summed E-state index contributed by atoms with van der Waals surface area (Å²) in [6.07, 6.45) is 1.43. The SMILES string of the molecule is CCCn1c(=O)c2[nH]c(-c3ccc(S(=O)(=O)N4CCN(Cc5cccc(Cl)c5)CC4)cc3)cc2n(CCC)c1=O. The number of hydrogen-bond donors (Lipinski definition) is 1. The number of hydrogen-bond acceptors (Lipinski definition) is 5. The van der Waals surface area contributed by atoms with E-state index in [1.54, 1.807) is 34.9 Å². The number of halogens is 1. The predicted molar refractivity (Wildman–Crippen MR) is 158 cm³/mol. The number of nitrogens with zero attached hydrogens (tertiary/aromatic N) is 4. The number of aromatic amines is 1. The first-order valence-corrected chi connectivity index (χ1v) is 15.5. The molecule has 11 heteroatoms. The lowest BCUT2D eigenvalue weighted by Crippen LogP contribution is -2.48. The van der Waals surface area contributed by atoms with E-state index >= 15 is 0 Å². The number of aryl methyl sites for hydroxylation is 1. The van der Waals surface area contributed by atoms with Gasteiger partial charge in [-0.1, -0.05) is 49.7 Å². The molecular weight excluding hydrogens is 550 g/mol. The van der Waals surface area contributed by atoms with Crippen LogP contribution in [0.15, 0.2) is 69.1 Å². The summed E-state index contributed by atoms with van der Waals surface area (Å²) in [5.74, 6) is 0. The van der Waals surface area contributed by atoms with Crippen molar-refractivity contribution >= 4 is 32.7 Å². The molecule has 4 aromatic rings. The number of fused-ring (bicyclic) bond motifs is 1. The number of sulfonamides is 1. The fourth-order valence-electron chi connectivity index (χ4n) is 5.28. The average molecular weight is 584 g/mol. The van der Waals surface area contributed by atoms with Gasteiger partial charge in [0, 0.05) is 56.5 Å². The summed E-state index contributed by atoms with van der Waals surface area (Å²) in [5, 5.41) is 0.693. The molecule has 1 saturated heterocycles. The Hall–Kier alpha value is -3.18. The summed E-state index contributed by atoms with van der Waals surface area (Å²) in [4.78, 5) is 31.7. The van der Waals surface area contributed by atoms with Crippen LogP contribution in [0.25, 0.3) is 22.3 Å². The maximum Gasteiger partial charge on any atom is 0.331 e. The van der Waals surface area contributed by atoms with Gasteiger partial charge in [0.15, 0.2) is 0 Å². The van der Waals surface area contributed by atoms with Gasteiger partial charge in [-0.05, 0) is 54.3 Å². The Kier molecular flexibility index (Phi) is 8.32. The van der Waals surface area contributed by atoms with Gasteiger partial charge in [-0.2, -0.15) is 4.31 Å². The van der Waals surface area contributed by atoms with Crippen LogP contribution in [0.2, 0.25) is 5.02 Å². The summed E-state index contributed by atoms with van der Waals surface area (Å²) >= 11 is 6.10. The van der Waals surface area contributed by atoms with Gasteiger partial charge in [0.2, 0.25) is 10.0 Å². The van der Waals surface area contributed by atoms with E-state index < -0.39 is 10.0 Å². The molecule has 40 heavy (non-hydrogen) atoms. The van der Waals surface area contributed by atoms with Crippen LogP contribution >= 0.6 is 11.6 Å². The van der Waals surface area contributed by atoms with E-state index in [2.05, 4.69) is 9.88 Å². The number of rotatable bonds is 9. The third-order valence-electron chi connectivity index (χ3n) is 7.33. The minimum atomic E-state index is -3.65. The van der Waals surface area contributed by atoms with Crippen molar-refractivity contribution in [3.8, 4) is 11.3 Å².